The van der Waals surface area contributed by atoms with Gasteiger partial charge in [0.1, 0.15) is 0 Å². The predicted octanol–water partition coefficient (Wildman–Crippen LogP) is 4.83. The number of anilines is 2. The molecule has 6 nitrogen and oxygen atoms in total. The first kappa shape index (κ1) is 20.0. The number of benzene rings is 2. The van der Waals surface area contributed by atoms with Gasteiger partial charge in [-0.05, 0) is 62.2 Å². The van der Waals surface area contributed by atoms with Gasteiger partial charge in [-0.15, -0.1) is 0 Å². The minimum absolute atomic E-state index is 0.0707. The van der Waals surface area contributed by atoms with Gasteiger partial charge in [-0.1, -0.05) is 23.7 Å². The zero-order valence-corrected chi connectivity index (χ0v) is 17.3. The van der Waals surface area contributed by atoms with Crippen LogP contribution < -0.4 is 15.5 Å². The Hall–Kier alpha value is -2.73. The first-order valence-electron chi connectivity index (χ1n) is 9.11. The summed E-state index contributed by atoms with van der Waals surface area (Å²) in [5.41, 5.74) is 3.13. The molecule has 148 valence electrons. The molecule has 1 aliphatic heterocycles. The van der Waals surface area contributed by atoms with E-state index in [4.69, 9.17) is 11.6 Å². The maximum absolute atomic E-state index is 12.7. The highest BCUT2D eigenvalue weighted by Crippen LogP contribution is 2.32. The van der Waals surface area contributed by atoms with Gasteiger partial charge in [0.25, 0.3) is 0 Å². The van der Waals surface area contributed by atoms with Crippen LogP contribution in [0.5, 0.6) is 0 Å². The van der Waals surface area contributed by atoms with E-state index in [-0.39, 0.29) is 17.6 Å². The number of carbonyl (C=O) groups excluding carboxylic acids is 2. The van der Waals surface area contributed by atoms with Crippen molar-refractivity contribution in [1.29, 1.82) is 0 Å². The van der Waals surface area contributed by atoms with Crippen molar-refractivity contribution in [2.45, 2.75) is 39.4 Å². The standard InChI is InChI=1S/C21H25ClN4O2/c1-21(2,3)24-19(27)23-17-8-9-18-15(11-17)13-25(4)20(28)26(18)12-14-6-5-7-16(22)10-14/h5-11H,12-13H2,1-4H3,(H2,23,24,27). The van der Waals surface area contributed by atoms with Gasteiger partial charge in [0.05, 0.1) is 12.2 Å². The van der Waals surface area contributed by atoms with E-state index in [1.807, 2.05) is 63.2 Å². The van der Waals surface area contributed by atoms with Crippen LogP contribution >= 0.6 is 11.6 Å². The van der Waals surface area contributed by atoms with E-state index < -0.39 is 0 Å². The molecule has 0 bridgehead atoms. The monoisotopic (exact) mass is 400 g/mol. The van der Waals surface area contributed by atoms with Crippen LogP contribution in [-0.2, 0) is 13.1 Å². The van der Waals surface area contributed by atoms with Gasteiger partial charge in [0.2, 0.25) is 0 Å². The summed E-state index contributed by atoms with van der Waals surface area (Å²) in [4.78, 5) is 28.3. The molecule has 0 saturated heterocycles. The second-order valence-corrected chi connectivity index (χ2v) is 8.46. The normalized spacial score (nSPS) is 14.0. The molecule has 0 aromatic heterocycles. The molecule has 1 aliphatic rings. The van der Waals surface area contributed by atoms with Crippen molar-refractivity contribution in [1.82, 2.24) is 10.2 Å². The summed E-state index contributed by atoms with van der Waals surface area (Å²) in [7, 11) is 1.77. The van der Waals surface area contributed by atoms with Crippen molar-refractivity contribution in [3.8, 4) is 0 Å². The van der Waals surface area contributed by atoms with Crippen molar-refractivity contribution in [3.05, 3.63) is 58.6 Å². The minimum Gasteiger partial charge on any atom is -0.333 e. The fourth-order valence-corrected chi connectivity index (χ4v) is 3.37. The maximum Gasteiger partial charge on any atom is 0.324 e. The quantitative estimate of drug-likeness (QED) is 0.774. The molecule has 0 aliphatic carbocycles. The van der Waals surface area contributed by atoms with Crippen LogP contribution in [0.3, 0.4) is 0 Å². The van der Waals surface area contributed by atoms with Gasteiger partial charge in [-0.25, -0.2) is 9.59 Å². The van der Waals surface area contributed by atoms with Crippen LogP contribution in [0.15, 0.2) is 42.5 Å². The largest absolute Gasteiger partial charge is 0.333 e. The second-order valence-electron chi connectivity index (χ2n) is 8.03. The Balaban J connectivity index is 1.84. The third kappa shape index (κ3) is 4.75. The molecule has 3 rings (SSSR count). The number of urea groups is 2. The number of rotatable bonds is 3. The van der Waals surface area contributed by atoms with Crippen molar-refractivity contribution < 1.29 is 9.59 Å². The Morgan fingerprint density at radius 2 is 1.93 bits per heavy atom. The number of amides is 4. The minimum atomic E-state index is -0.321. The van der Waals surface area contributed by atoms with Gasteiger partial charge < -0.3 is 15.5 Å². The molecule has 0 atom stereocenters. The van der Waals surface area contributed by atoms with Crippen molar-refractivity contribution >= 4 is 35.0 Å². The lowest BCUT2D eigenvalue weighted by Gasteiger charge is -2.35. The zero-order chi connectivity index (χ0) is 20.5. The van der Waals surface area contributed by atoms with Crippen LogP contribution in [-0.4, -0.2) is 29.5 Å². The lowest BCUT2D eigenvalue weighted by molar-refractivity contribution is 0.210. The first-order valence-corrected chi connectivity index (χ1v) is 9.49. The Morgan fingerprint density at radius 1 is 1.18 bits per heavy atom. The Bertz CT molecular complexity index is 908. The van der Waals surface area contributed by atoms with Crippen molar-refractivity contribution in [3.63, 3.8) is 0 Å². The summed E-state index contributed by atoms with van der Waals surface area (Å²) in [6, 6.07) is 12.7. The molecule has 4 amide bonds. The van der Waals surface area contributed by atoms with E-state index in [1.54, 1.807) is 16.8 Å². The fourth-order valence-electron chi connectivity index (χ4n) is 3.16. The zero-order valence-electron chi connectivity index (χ0n) is 16.5. The van der Waals surface area contributed by atoms with E-state index in [9.17, 15) is 9.59 Å². The number of fused-ring (bicyclic) bond motifs is 1. The van der Waals surface area contributed by atoms with Gasteiger partial charge in [0.15, 0.2) is 0 Å². The highest BCUT2D eigenvalue weighted by Gasteiger charge is 2.28. The van der Waals surface area contributed by atoms with E-state index in [0.29, 0.717) is 23.8 Å². The molecule has 28 heavy (non-hydrogen) atoms. The summed E-state index contributed by atoms with van der Waals surface area (Å²) in [6.07, 6.45) is 0. The molecule has 0 saturated carbocycles. The molecule has 0 radical (unpaired) electrons. The lowest BCUT2D eigenvalue weighted by atomic mass is 10.1. The van der Waals surface area contributed by atoms with Gasteiger partial charge in [0, 0.05) is 29.8 Å². The SMILES string of the molecule is CN1Cc2cc(NC(=O)NC(C)(C)C)ccc2N(Cc2cccc(Cl)c2)C1=O. The van der Waals surface area contributed by atoms with Crippen LogP contribution in [0, 0.1) is 0 Å². The van der Waals surface area contributed by atoms with Crippen LogP contribution in [0.1, 0.15) is 31.9 Å². The van der Waals surface area contributed by atoms with Crippen molar-refractivity contribution in [2.75, 3.05) is 17.3 Å². The number of carbonyl (C=O) groups is 2. The highest BCUT2D eigenvalue weighted by molar-refractivity contribution is 6.30. The van der Waals surface area contributed by atoms with Crippen LogP contribution in [0.4, 0.5) is 21.0 Å². The van der Waals surface area contributed by atoms with Crippen LogP contribution in [0.2, 0.25) is 5.02 Å². The Labute approximate surface area is 170 Å². The molecule has 7 heteroatoms. The summed E-state index contributed by atoms with van der Waals surface area (Å²) < 4.78 is 0. The molecule has 2 aromatic carbocycles. The van der Waals surface area contributed by atoms with E-state index in [1.165, 1.54) is 0 Å². The first-order chi connectivity index (χ1) is 13.1. The molecular formula is C21H25ClN4O2. The molecule has 0 unspecified atom stereocenters. The number of nitrogens with one attached hydrogen (secondary N) is 2. The third-order valence-electron chi connectivity index (χ3n) is 4.31. The molecule has 2 N–H and O–H groups in total. The van der Waals surface area contributed by atoms with Gasteiger partial charge in [-0.2, -0.15) is 0 Å². The van der Waals surface area contributed by atoms with Crippen LogP contribution in [0.25, 0.3) is 0 Å². The molecule has 0 fully saturated rings. The number of halogens is 1. The predicted molar refractivity (Wildman–Crippen MR) is 113 cm³/mol. The lowest BCUT2D eigenvalue weighted by Crippen LogP contribution is -2.45. The highest BCUT2D eigenvalue weighted by atomic mass is 35.5. The molecule has 1 heterocycles. The summed E-state index contributed by atoms with van der Waals surface area (Å²) in [5.74, 6) is 0. The average Bonchev–Trinajstić information content (AvgIpc) is 2.57. The summed E-state index contributed by atoms with van der Waals surface area (Å²) in [6.45, 7) is 6.68. The van der Waals surface area contributed by atoms with Gasteiger partial charge >= 0.3 is 12.1 Å². The second kappa shape index (κ2) is 7.72. The molecule has 2 aromatic rings. The van der Waals surface area contributed by atoms with E-state index >= 15 is 0 Å². The smallest absolute Gasteiger partial charge is 0.324 e. The topological polar surface area (TPSA) is 64.7 Å². The summed E-state index contributed by atoms with van der Waals surface area (Å²) >= 11 is 6.08. The van der Waals surface area contributed by atoms with E-state index in [2.05, 4.69) is 10.6 Å². The molecule has 0 spiro atoms. The Morgan fingerprint density at radius 3 is 2.61 bits per heavy atom. The summed E-state index contributed by atoms with van der Waals surface area (Å²) in [5, 5.41) is 6.37. The number of nitrogens with zero attached hydrogens (tertiary/aromatic N) is 2. The molecular weight excluding hydrogens is 376 g/mol. The number of hydrogen-bond acceptors (Lipinski definition) is 2. The van der Waals surface area contributed by atoms with Gasteiger partial charge in [-0.3, -0.25) is 4.90 Å². The van der Waals surface area contributed by atoms with E-state index in [0.717, 1.165) is 16.8 Å². The fraction of sp³-hybridized carbons (Fsp3) is 0.333. The third-order valence-corrected chi connectivity index (χ3v) is 4.55. The Kier molecular flexibility index (Phi) is 5.52. The maximum atomic E-state index is 12.7. The van der Waals surface area contributed by atoms with Crippen molar-refractivity contribution in [2.24, 2.45) is 0 Å². The number of hydrogen-bond donors (Lipinski definition) is 2. The average molecular weight is 401 g/mol.